The van der Waals surface area contributed by atoms with E-state index in [-0.39, 0.29) is 0 Å². The molecule has 0 radical (unpaired) electrons. The predicted octanol–water partition coefficient (Wildman–Crippen LogP) is 1.26. The lowest BCUT2D eigenvalue weighted by molar-refractivity contribution is -0.196. The average molecular weight is 184 g/mol. The fourth-order valence-electron chi connectivity index (χ4n) is 3.29. The zero-order valence-corrected chi connectivity index (χ0v) is 7.74. The van der Waals surface area contributed by atoms with Crippen LogP contribution in [0.4, 0.5) is 0 Å². The van der Waals surface area contributed by atoms with Crippen LogP contribution in [0.25, 0.3) is 0 Å². The molecule has 0 aromatic rings. The van der Waals surface area contributed by atoms with E-state index in [1.807, 2.05) is 0 Å². The Kier molecular flexibility index (Phi) is 1.70. The molecular weight excluding hydrogens is 168 g/mol. The Hall–Kier alpha value is -0.120. The summed E-state index contributed by atoms with van der Waals surface area (Å²) in [5.41, 5.74) is 0. The highest BCUT2D eigenvalue weighted by molar-refractivity contribution is 4.95. The van der Waals surface area contributed by atoms with Crippen molar-refractivity contribution >= 4 is 0 Å². The summed E-state index contributed by atoms with van der Waals surface area (Å²) in [6.45, 7) is 0.361. The Labute approximate surface area is 78.0 Å². The maximum Gasteiger partial charge on any atom is 0.181 e. The van der Waals surface area contributed by atoms with Gasteiger partial charge in [-0.25, -0.2) is 0 Å². The molecule has 1 aliphatic heterocycles. The van der Waals surface area contributed by atoms with Crippen molar-refractivity contribution in [2.75, 3.05) is 6.61 Å². The molecule has 3 aliphatic rings. The highest BCUT2D eigenvalue weighted by Crippen LogP contribution is 2.52. The fraction of sp³-hybridized carbons (Fsp3) is 1.00. The molecule has 3 nitrogen and oxygen atoms in total. The molecule has 0 aromatic heterocycles. The first-order chi connectivity index (χ1) is 6.27. The lowest BCUT2D eigenvalue weighted by Gasteiger charge is -2.22. The molecule has 2 saturated carbocycles. The molecular formula is C10H16O3. The first-order valence-corrected chi connectivity index (χ1v) is 5.27. The maximum absolute atomic E-state index is 9.27. The minimum absolute atomic E-state index is 0.361. The number of hydrogen-bond donors (Lipinski definition) is 1. The molecule has 3 rings (SSSR count). The van der Waals surface area contributed by atoms with E-state index < -0.39 is 12.1 Å². The van der Waals surface area contributed by atoms with E-state index in [1.54, 1.807) is 0 Å². The molecule has 2 aliphatic carbocycles. The second kappa shape index (κ2) is 2.69. The van der Waals surface area contributed by atoms with Gasteiger partial charge in [0.1, 0.15) is 6.61 Å². The second-order valence-corrected chi connectivity index (χ2v) is 4.65. The maximum atomic E-state index is 9.27. The average Bonchev–Trinajstić information content (AvgIpc) is 2.67. The Morgan fingerprint density at radius 3 is 2.38 bits per heavy atom. The third-order valence-corrected chi connectivity index (χ3v) is 3.80. The van der Waals surface area contributed by atoms with Crippen molar-refractivity contribution in [1.82, 2.24) is 0 Å². The van der Waals surface area contributed by atoms with Crippen LogP contribution >= 0.6 is 0 Å². The van der Waals surface area contributed by atoms with Crippen LogP contribution in [0.15, 0.2) is 0 Å². The summed E-state index contributed by atoms with van der Waals surface area (Å²) in [6.07, 6.45) is 5.36. The van der Waals surface area contributed by atoms with Crippen LogP contribution in [0.5, 0.6) is 0 Å². The monoisotopic (exact) mass is 184 g/mol. The quantitative estimate of drug-likeness (QED) is 0.616. The number of fused-ring (bicyclic) bond motifs is 1. The Morgan fingerprint density at radius 2 is 1.85 bits per heavy atom. The van der Waals surface area contributed by atoms with Gasteiger partial charge in [0.05, 0.1) is 0 Å². The van der Waals surface area contributed by atoms with E-state index in [0.717, 1.165) is 24.7 Å². The van der Waals surface area contributed by atoms with Crippen LogP contribution in [0.1, 0.15) is 32.1 Å². The number of ether oxygens (including phenoxy) is 2. The van der Waals surface area contributed by atoms with Gasteiger partial charge in [-0.3, -0.25) is 0 Å². The molecule has 1 saturated heterocycles. The standard InChI is InChI=1S/C10H16O3/c11-9-6-12-10(13-9)4-7-2-1-3-8(7)5-10/h7-9,11H,1-6H2/t7-,8+,9?,10?. The number of aliphatic hydroxyl groups is 1. The summed E-state index contributed by atoms with van der Waals surface area (Å²) in [5, 5.41) is 9.27. The molecule has 1 N–H and O–H groups in total. The predicted molar refractivity (Wildman–Crippen MR) is 45.8 cm³/mol. The molecule has 0 bridgehead atoms. The number of rotatable bonds is 0. The van der Waals surface area contributed by atoms with Crippen LogP contribution in [0, 0.1) is 11.8 Å². The van der Waals surface area contributed by atoms with Crippen LogP contribution in [-0.4, -0.2) is 23.8 Å². The highest BCUT2D eigenvalue weighted by Gasteiger charge is 2.52. The number of aliphatic hydroxyl groups excluding tert-OH is 1. The second-order valence-electron chi connectivity index (χ2n) is 4.65. The SMILES string of the molecule is OC1COC2(C[C@H]3CCC[C@H]3C2)O1. The largest absolute Gasteiger partial charge is 0.366 e. The van der Waals surface area contributed by atoms with E-state index in [4.69, 9.17) is 9.47 Å². The van der Waals surface area contributed by atoms with E-state index >= 15 is 0 Å². The Morgan fingerprint density at radius 1 is 1.15 bits per heavy atom. The zero-order chi connectivity index (χ0) is 8.89. The van der Waals surface area contributed by atoms with E-state index in [9.17, 15) is 5.11 Å². The van der Waals surface area contributed by atoms with Crippen molar-refractivity contribution in [3.05, 3.63) is 0 Å². The molecule has 13 heavy (non-hydrogen) atoms. The van der Waals surface area contributed by atoms with Crippen molar-refractivity contribution in [3.8, 4) is 0 Å². The lowest BCUT2D eigenvalue weighted by atomic mass is 10.0. The van der Waals surface area contributed by atoms with Gasteiger partial charge in [-0.15, -0.1) is 0 Å². The third kappa shape index (κ3) is 1.22. The van der Waals surface area contributed by atoms with Gasteiger partial charge in [0, 0.05) is 12.8 Å². The van der Waals surface area contributed by atoms with E-state index in [0.29, 0.717) is 6.61 Å². The molecule has 74 valence electrons. The van der Waals surface area contributed by atoms with Gasteiger partial charge in [-0.05, 0) is 24.7 Å². The molecule has 0 amide bonds. The third-order valence-electron chi connectivity index (χ3n) is 3.80. The van der Waals surface area contributed by atoms with Gasteiger partial charge >= 0.3 is 0 Å². The first-order valence-electron chi connectivity index (χ1n) is 5.27. The van der Waals surface area contributed by atoms with Gasteiger partial charge in [0.25, 0.3) is 0 Å². The summed E-state index contributed by atoms with van der Waals surface area (Å²) < 4.78 is 11.1. The number of hydrogen-bond acceptors (Lipinski definition) is 3. The summed E-state index contributed by atoms with van der Waals surface area (Å²) in [6, 6.07) is 0. The van der Waals surface area contributed by atoms with Crippen molar-refractivity contribution < 1.29 is 14.6 Å². The minimum atomic E-state index is -0.682. The zero-order valence-electron chi connectivity index (χ0n) is 7.74. The van der Waals surface area contributed by atoms with Gasteiger partial charge in [-0.2, -0.15) is 0 Å². The van der Waals surface area contributed by atoms with Crippen LogP contribution in [0.3, 0.4) is 0 Å². The molecule has 3 heteroatoms. The topological polar surface area (TPSA) is 38.7 Å². The molecule has 2 unspecified atom stereocenters. The molecule has 0 aromatic carbocycles. The van der Waals surface area contributed by atoms with Crippen LogP contribution in [0.2, 0.25) is 0 Å². The van der Waals surface area contributed by atoms with Crippen molar-refractivity contribution in [2.24, 2.45) is 11.8 Å². The van der Waals surface area contributed by atoms with Gasteiger partial charge in [-0.1, -0.05) is 6.42 Å². The van der Waals surface area contributed by atoms with E-state index in [1.165, 1.54) is 19.3 Å². The normalized spacial score (nSPS) is 54.7. The van der Waals surface area contributed by atoms with Crippen molar-refractivity contribution in [2.45, 2.75) is 44.2 Å². The summed E-state index contributed by atoms with van der Waals surface area (Å²) in [4.78, 5) is 0. The lowest BCUT2D eigenvalue weighted by Crippen LogP contribution is -2.28. The summed E-state index contributed by atoms with van der Waals surface area (Å²) in [7, 11) is 0. The molecule has 3 fully saturated rings. The Balaban J connectivity index is 1.75. The molecule has 1 heterocycles. The summed E-state index contributed by atoms with van der Waals surface area (Å²) in [5.74, 6) is 1.20. The molecule has 1 spiro atoms. The van der Waals surface area contributed by atoms with Gasteiger partial charge < -0.3 is 14.6 Å². The highest BCUT2D eigenvalue weighted by atomic mass is 16.8. The fourth-order valence-corrected chi connectivity index (χ4v) is 3.29. The molecule has 4 atom stereocenters. The van der Waals surface area contributed by atoms with Gasteiger partial charge in [0.15, 0.2) is 12.1 Å². The van der Waals surface area contributed by atoms with E-state index in [2.05, 4.69) is 0 Å². The smallest absolute Gasteiger partial charge is 0.181 e. The van der Waals surface area contributed by atoms with Crippen LogP contribution < -0.4 is 0 Å². The minimum Gasteiger partial charge on any atom is -0.366 e. The van der Waals surface area contributed by atoms with Crippen molar-refractivity contribution in [1.29, 1.82) is 0 Å². The van der Waals surface area contributed by atoms with Crippen molar-refractivity contribution in [3.63, 3.8) is 0 Å². The Bertz CT molecular complexity index is 204. The first kappa shape index (κ1) is 8.21. The van der Waals surface area contributed by atoms with Crippen LogP contribution in [-0.2, 0) is 9.47 Å². The van der Waals surface area contributed by atoms with Gasteiger partial charge in [0.2, 0.25) is 0 Å². The summed E-state index contributed by atoms with van der Waals surface area (Å²) >= 11 is 0.